The molecule has 0 heterocycles. The lowest BCUT2D eigenvalue weighted by Crippen LogP contribution is -2.34. The molecule has 32 heavy (non-hydrogen) atoms. The second-order valence-electron chi connectivity index (χ2n) is 11.2. The number of carbonyl (C=O) groups is 2. The van der Waals surface area contributed by atoms with E-state index in [1.54, 1.807) is 6.08 Å². The van der Waals surface area contributed by atoms with Crippen LogP contribution >= 0.6 is 0 Å². The van der Waals surface area contributed by atoms with Gasteiger partial charge in [0.1, 0.15) is 6.10 Å². The maximum atomic E-state index is 12.9. The SMILES string of the molecule is CCCCCCCCCCC(CCC(C)CC(C)(C)C)OC(=O)C1C=CCCC1C(=O)O. The average Bonchev–Trinajstić information content (AvgIpc) is 2.72. The molecule has 0 amide bonds. The highest BCUT2D eigenvalue weighted by molar-refractivity contribution is 5.83. The van der Waals surface area contributed by atoms with Crippen molar-refractivity contribution in [2.45, 2.75) is 131 Å². The molecule has 1 rings (SSSR count). The van der Waals surface area contributed by atoms with Crippen LogP contribution in [0.1, 0.15) is 125 Å². The number of carboxylic acid groups (broad SMARTS) is 1. The van der Waals surface area contributed by atoms with Crippen LogP contribution in [0.15, 0.2) is 12.2 Å². The molecule has 0 bridgehead atoms. The Balaban J connectivity index is 2.58. The fourth-order valence-corrected chi connectivity index (χ4v) is 4.98. The quantitative estimate of drug-likeness (QED) is 0.147. The number of hydrogen-bond acceptors (Lipinski definition) is 3. The molecule has 0 aromatic carbocycles. The van der Waals surface area contributed by atoms with Crippen molar-refractivity contribution in [3.8, 4) is 0 Å². The minimum Gasteiger partial charge on any atom is -0.481 e. The van der Waals surface area contributed by atoms with Gasteiger partial charge in [-0.15, -0.1) is 0 Å². The number of aliphatic carboxylic acids is 1. The molecule has 0 spiro atoms. The number of esters is 1. The maximum Gasteiger partial charge on any atom is 0.313 e. The Morgan fingerprint density at radius 3 is 2.22 bits per heavy atom. The predicted molar refractivity (Wildman–Crippen MR) is 133 cm³/mol. The van der Waals surface area contributed by atoms with E-state index in [0.717, 1.165) is 32.1 Å². The second kappa shape index (κ2) is 15.5. The first kappa shape index (κ1) is 28.7. The van der Waals surface area contributed by atoms with Gasteiger partial charge in [-0.3, -0.25) is 9.59 Å². The molecular formula is C28H50O4. The van der Waals surface area contributed by atoms with E-state index in [2.05, 4.69) is 34.6 Å². The van der Waals surface area contributed by atoms with Crippen LogP contribution < -0.4 is 0 Å². The highest BCUT2D eigenvalue weighted by atomic mass is 16.5. The Morgan fingerprint density at radius 2 is 1.62 bits per heavy atom. The number of carboxylic acids is 1. The number of rotatable bonds is 16. The van der Waals surface area contributed by atoms with Crippen molar-refractivity contribution >= 4 is 11.9 Å². The van der Waals surface area contributed by atoms with Crippen LogP contribution in [0.5, 0.6) is 0 Å². The van der Waals surface area contributed by atoms with E-state index in [0.29, 0.717) is 24.2 Å². The van der Waals surface area contributed by atoms with Crippen molar-refractivity contribution in [2.75, 3.05) is 0 Å². The second-order valence-corrected chi connectivity index (χ2v) is 11.2. The lowest BCUT2D eigenvalue weighted by Gasteiger charge is -2.27. The average molecular weight is 451 g/mol. The molecule has 0 aromatic heterocycles. The van der Waals surface area contributed by atoms with Gasteiger partial charge in [0.2, 0.25) is 0 Å². The topological polar surface area (TPSA) is 63.6 Å². The van der Waals surface area contributed by atoms with Crippen molar-refractivity contribution in [1.82, 2.24) is 0 Å². The van der Waals surface area contributed by atoms with Crippen LogP contribution in [0.4, 0.5) is 0 Å². The molecule has 1 aliphatic rings. The van der Waals surface area contributed by atoms with Gasteiger partial charge in [-0.25, -0.2) is 0 Å². The largest absolute Gasteiger partial charge is 0.481 e. The zero-order chi connectivity index (χ0) is 24.0. The first-order valence-electron chi connectivity index (χ1n) is 13.2. The molecule has 4 nitrogen and oxygen atoms in total. The van der Waals surface area contributed by atoms with E-state index in [4.69, 9.17) is 4.74 Å². The van der Waals surface area contributed by atoms with Crippen LogP contribution in [-0.2, 0) is 14.3 Å². The zero-order valence-electron chi connectivity index (χ0n) is 21.5. The molecule has 0 saturated heterocycles. The van der Waals surface area contributed by atoms with E-state index < -0.39 is 17.8 Å². The molecule has 0 saturated carbocycles. The van der Waals surface area contributed by atoms with Crippen molar-refractivity contribution in [3.05, 3.63) is 12.2 Å². The summed E-state index contributed by atoms with van der Waals surface area (Å²) in [4.78, 5) is 24.5. The summed E-state index contributed by atoms with van der Waals surface area (Å²) in [5, 5.41) is 9.51. The first-order valence-corrected chi connectivity index (χ1v) is 13.2. The molecule has 1 aliphatic carbocycles. The monoisotopic (exact) mass is 450 g/mol. The van der Waals surface area contributed by atoms with Gasteiger partial charge in [-0.2, -0.15) is 0 Å². The Kier molecular flexibility index (Phi) is 13.9. The third kappa shape index (κ3) is 12.6. The van der Waals surface area contributed by atoms with E-state index in [-0.39, 0.29) is 12.1 Å². The Morgan fingerprint density at radius 1 is 1.00 bits per heavy atom. The summed E-state index contributed by atoms with van der Waals surface area (Å²) in [6.45, 7) is 11.3. The van der Waals surface area contributed by atoms with Gasteiger partial charge >= 0.3 is 11.9 Å². The zero-order valence-corrected chi connectivity index (χ0v) is 21.5. The lowest BCUT2D eigenvalue weighted by molar-refractivity contribution is -0.160. The van der Waals surface area contributed by atoms with E-state index in [9.17, 15) is 14.7 Å². The fraction of sp³-hybridized carbons (Fsp3) is 0.857. The summed E-state index contributed by atoms with van der Waals surface area (Å²) < 4.78 is 5.96. The van der Waals surface area contributed by atoms with Crippen LogP contribution in [0.3, 0.4) is 0 Å². The Labute approximate surface area is 197 Å². The van der Waals surface area contributed by atoms with E-state index in [1.165, 1.54) is 44.9 Å². The molecular weight excluding hydrogens is 400 g/mol. The van der Waals surface area contributed by atoms with Crippen LogP contribution in [0.2, 0.25) is 0 Å². The van der Waals surface area contributed by atoms with Crippen LogP contribution in [-0.4, -0.2) is 23.1 Å². The fourth-order valence-electron chi connectivity index (χ4n) is 4.98. The van der Waals surface area contributed by atoms with Crippen molar-refractivity contribution in [3.63, 3.8) is 0 Å². The number of ether oxygens (including phenoxy) is 1. The highest BCUT2D eigenvalue weighted by Gasteiger charge is 2.35. The van der Waals surface area contributed by atoms with Gasteiger partial charge in [-0.1, -0.05) is 91.7 Å². The van der Waals surface area contributed by atoms with E-state index >= 15 is 0 Å². The molecule has 186 valence electrons. The van der Waals surface area contributed by atoms with Crippen LogP contribution in [0, 0.1) is 23.2 Å². The minimum absolute atomic E-state index is 0.102. The number of unbranched alkanes of at least 4 members (excludes halogenated alkanes) is 7. The van der Waals surface area contributed by atoms with Gasteiger partial charge < -0.3 is 9.84 Å². The maximum absolute atomic E-state index is 12.9. The molecule has 0 fully saturated rings. The molecule has 0 radical (unpaired) electrons. The lowest BCUT2D eigenvalue weighted by atomic mass is 9.83. The Hall–Kier alpha value is -1.32. The normalized spacial score (nSPS) is 20.7. The van der Waals surface area contributed by atoms with Crippen molar-refractivity contribution < 1.29 is 19.4 Å². The molecule has 1 N–H and O–H groups in total. The summed E-state index contributed by atoms with van der Waals surface area (Å²) in [6.07, 6.45) is 18.8. The predicted octanol–water partition coefficient (Wildman–Crippen LogP) is 7.95. The van der Waals surface area contributed by atoms with Gasteiger partial charge in [-0.05, 0) is 56.3 Å². The highest BCUT2D eigenvalue weighted by Crippen LogP contribution is 2.30. The molecule has 4 atom stereocenters. The summed E-state index contributed by atoms with van der Waals surface area (Å²) in [5.74, 6) is -1.96. The van der Waals surface area contributed by atoms with Crippen molar-refractivity contribution in [1.29, 1.82) is 0 Å². The van der Waals surface area contributed by atoms with Crippen molar-refractivity contribution in [2.24, 2.45) is 23.2 Å². The van der Waals surface area contributed by atoms with Gasteiger partial charge in [0, 0.05) is 0 Å². The standard InChI is InChI=1S/C28H50O4/c1-6-7-8-9-10-11-12-13-16-23(20-19-22(2)21-28(3,4)5)32-27(31)25-18-15-14-17-24(25)26(29)30/h15,18,22-25H,6-14,16-17,19-21H2,1-5H3,(H,29,30). The Bertz CT molecular complexity index is 560. The van der Waals surface area contributed by atoms with Gasteiger partial charge in [0.25, 0.3) is 0 Å². The van der Waals surface area contributed by atoms with Gasteiger partial charge in [0.15, 0.2) is 0 Å². The number of carbonyl (C=O) groups excluding carboxylic acids is 1. The van der Waals surface area contributed by atoms with E-state index in [1.807, 2.05) is 6.08 Å². The smallest absolute Gasteiger partial charge is 0.313 e. The minimum atomic E-state index is -0.894. The summed E-state index contributed by atoms with van der Waals surface area (Å²) in [7, 11) is 0. The molecule has 4 unspecified atom stereocenters. The number of hydrogen-bond donors (Lipinski definition) is 1. The molecule has 0 aliphatic heterocycles. The molecule has 4 heteroatoms. The number of allylic oxidation sites excluding steroid dienone is 1. The first-order chi connectivity index (χ1) is 15.1. The summed E-state index contributed by atoms with van der Waals surface area (Å²) >= 11 is 0. The molecule has 0 aromatic rings. The summed E-state index contributed by atoms with van der Waals surface area (Å²) in [6, 6.07) is 0. The van der Waals surface area contributed by atoms with Crippen LogP contribution in [0.25, 0.3) is 0 Å². The third-order valence-electron chi connectivity index (χ3n) is 6.62. The van der Waals surface area contributed by atoms with Gasteiger partial charge in [0.05, 0.1) is 11.8 Å². The summed E-state index contributed by atoms with van der Waals surface area (Å²) in [5.41, 5.74) is 0.297. The third-order valence-corrected chi connectivity index (χ3v) is 6.62.